The van der Waals surface area contributed by atoms with E-state index in [1.807, 2.05) is 29.7 Å². The molecule has 1 aromatic heterocycles. The van der Waals surface area contributed by atoms with Crippen molar-refractivity contribution in [2.24, 2.45) is 4.99 Å². The van der Waals surface area contributed by atoms with Gasteiger partial charge in [0.2, 0.25) is 0 Å². The third kappa shape index (κ3) is 4.54. The molecule has 4 aromatic rings. The maximum atomic E-state index is 13.0. The summed E-state index contributed by atoms with van der Waals surface area (Å²) in [4.78, 5) is 17.9. The zero-order chi connectivity index (χ0) is 25.2. The van der Waals surface area contributed by atoms with Crippen LogP contribution in [0.4, 0.5) is 5.69 Å². The van der Waals surface area contributed by atoms with Crippen LogP contribution in [0.3, 0.4) is 0 Å². The van der Waals surface area contributed by atoms with Crippen molar-refractivity contribution in [2.45, 2.75) is 18.4 Å². The maximum absolute atomic E-state index is 13.0. The lowest BCUT2D eigenvalue weighted by Crippen LogP contribution is -2.26. The lowest BCUT2D eigenvalue weighted by atomic mass is 10.2. The minimum atomic E-state index is -3.78. The van der Waals surface area contributed by atoms with Gasteiger partial charge in [0.1, 0.15) is 21.7 Å². The van der Waals surface area contributed by atoms with Crippen LogP contribution in [0.25, 0.3) is 10.2 Å². The Bertz CT molecular complexity index is 1540. The third-order valence-corrected chi connectivity index (χ3v) is 8.48. The number of thiazole rings is 1. The van der Waals surface area contributed by atoms with Crippen LogP contribution < -0.4 is 18.6 Å². The summed E-state index contributed by atoms with van der Waals surface area (Å²) in [5.74, 6) is 0.848. The first kappa shape index (κ1) is 24.5. The number of methoxy groups -OCH3 is 2. The number of anilines is 1. The molecule has 0 radical (unpaired) electrons. The van der Waals surface area contributed by atoms with Crippen LogP contribution in [0.15, 0.2) is 76.6 Å². The van der Waals surface area contributed by atoms with Gasteiger partial charge >= 0.3 is 0 Å². The number of hydrogen-bond acceptors (Lipinski definition) is 6. The normalized spacial score (nSPS) is 12.1. The first-order valence-electron chi connectivity index (χ1n) is 10.8. The maximum Gasteiger partial charge on any atom is 0.279 e. The predicted octanol–water partition coefficient (Wildman–Crippen LogP) is 4.31. The molecule has 0 saturated heterocycles. The van der Waals surface area contributed by atoms with Crippen molar-refractivity contribution in [1.82, 2.24) is 4.57 Å². The van der Waals surface area contributed by atoms with Gasteiger partial charge in [0.25, 0.3) is 15.9 Å². The number of carbonyl (C=O) groups excluding carboxylic acids is 1. The summed E-state index contributed by atoms with van der Waals surface area (Å²) < 4.78 is 40.9. The Morgan fingerprint density at radius 3 is 2.20 bits per heavy atom. The Balaban J connectivity index is 1.70. The van der Waals surface area contributed by atoms with E-state index in [0.29, 0.717) is 28.5 Å². The number of carbonyl (C=O) groups is 1. The molecule has 0 saturated carbocycles. The van der Waals surface area contributed by atoms with E-state index >= 15 is 0 Å². The zero-order valence-corrected chi connectivity index (χ0v) is 21.4. The summed E-state index contributed by atoms with van der Waals surface area (Å²) in [6.07, 6.45) is 0. The summed E-state index contributed by atoms with van der Waals surface area (Å²) in [5.41, 5.74) is 1.63. The first-order chi connectivity index (χ1) is 16.8. The number of para-hydroxylation sites is 1. The van der Waals surface area contributed by atoms with Gasteiger partial charge in [-0.2, -0.15) is 4.99 Å². The van der Waals surface area contributed by atoms with Crippen molar-refractivity contribution in [3.63, 3.8) is 0 Å². The average molecular weight is 512 g/mol. The summed E-state index contributed by atoms with van der Waals surface area (Å²) in [5, 5.41) is 0. The number of aromatic nitrogens is 1. The van der Waals surface area contributed by atoms with Gasteiger partial charge in [-0.1, -0.05) is 29.5 Å². The monoisotopic (exact) mass is 511 g/mol. The van der Waals surface area contributed by atoms with Crippen molar-refractivity contribution in [3.05, 3.63) is 77.1 Å². The molecule has 0 unspecified atom stereocenters. The molecule has 0 bridgehead atoms. The second-order valence-electron chi connectivity index (χ2n) is 7.53. The highest BCUT2D eigenvalue weighted by molar-refractivity contribution is 7.92. The molecule has 0 aliphatic heterocycles. The number of sulfonamides is 1. The molecule has 4 rings (SSSR count). The van der Waals surface area contributed by atoms with Crippen LogP contribution in [-0.2, 0) is 16.6 Å². The smallest absolute Gasteiger partial charge is 0.279 e. The molecular weight excluding hydrogens is 486 g/mol. The molecule has 0 N–H and O–H groups in total. The van der Waals surface area contributed by atoms with E-state index in [4.69, 9.17) is 9.47 Å². The fraction of sp³-hybridized carbons (Fsp3) is 0.200. The number of rotatable bonds is 7. The van der Waals surface area contributed by atoms with E-state index in [9.17, 15) is 13.2 Å². The number of benzene rings is 3. The molecule has 0 atom stereocenters. The van der Waals surface area contributed by atoms with Crippen molar-refractivity contribution in [2.75, 3.05) is 25.6 Å². The van der Waals surface area contributed by atoms with E-state index in [1.54, 1.807) is 38.5 Å². The van der Waals surface area contributed by atoms with Crippen LogP contribution in [-0.4, -0.2) is 40.2 Å². The van der Waals surface area contributed by atoms with Crippen molar-refractivity contribution in [3.8, 4) is 11.5 Å². The van der Waals surface area contributed by atoms with Crippen molar-refractivity contribution in [1.29, 1.82) is 0 Å². The van der Waals surface area contributed by atoms with Gasteiger partial charge in [-0.15, -0.1) is 0 Å². The Morgan fingerprint density at radius 2 is 1.60 bits per heavy atom. The topological polar surface area (TPSA) is 90.2 Å². The van der Waals surface area contributed by atoms with Gasteiger partial charge in [0.05, 0.1) is 24.8 Å². The SMILES string of the molecule is CCn1c(=NC(=O)c2ccc(S(=O)(=O)N(C)c3ccccc3)cc2)sc2c(OC)ccc(OC)c21. The molecule has 3 aromatic carbocycles. The van der Waals surface area contributed by atoms with Gasteiger partial charge < -0.3 is 14.0 Å². The number of hydrogen-bond donors (Lipinski definition) is 0. The predicted molar refractivity (Wildman–Crippen MR) is 137 cm³/mol. The van der Waals surface area contributed by atoms with Crippen LogP contribution in [0.2, 0.25) is 0 Å². The largest absolute Gasteiger partial charge is 0.495 e. The standard InChI is InChI=1S/C25H25N3O5S2/c1-5-28-22-20(32-3)15-16-21(33-4)23(22)34-25(28)26-24(29)17-11-13-19(14-12-17)35(30,31)27(2)18-9-7-6-8-10-18/h6-16H,5H2,1-4H3. The summed E-state index contributed by atoms with van der Waals surface area (Å²) in [7, 11) is 0.894. The summed E-state index contributed by atoms with van der Waals surface area (Å²) in [6.45, 7) is 2.52. The number of aryl methyl sites for hydroxylation is 1. The van der Waals surface area contributed by atoms with Gasteiger partial charge in [-0.25, -0.2) is 8.42 Å². The van der Waals surface area contributed by atoms with Crippen LogP contribution >= 0.6 is 11.3 Å². The Morgan fingerprint density at radius 1 is 0.971 bits per heavy atom. The first-order valence-corrected chi connectivity index (χ1v) is 13.0. The second-order valence-corrected chi connectivity index (χ2v) is 10.5. The van der Waals surface area contributed by atoms with E-state index in [-0.39, 0.29) is 10.5 Å². The van der Waals surface area contributed by atoms with E-state index < -0.39 is 15.9 Å². The van der Waals surface area contributed by atoms with Crippen molar-refractivity contribution < 1.29 is 22.7 Å². The Kier molecular flexibility index (Phi) is 6.95. The zero-order valence-electron chi connectivity index (χ0n) is 19.8. The van der Waals surface area contributed by atoms with Gasteiger partial charge in [-0.3, -0.25) is 9.10 Å². The fourth-order valence-corrected chi connectivity index (χ4v) is 6.09. The molecular formula is C25H25N3O5S2. The van der Waals surface area contributed by atoms with E-state index in [2.05, 4.69) is 4.99 Å². The number of ether oxygens (including phenoxy) is 2. The lowest BCUT2D eigenvalue weighted by molar-refractivity contribution is 0.0997. The lowest BCUT2D eigenvalue weighted by Gasteiger charge is -2.19. The Labute approximate surface area is 207 Å². The van der Waals surface area contributed by atoms with Gasteiger partial charge in [0, 0.05) is 19.2 Å². The number of nitrogens with zero attached hydrogens (tertiary/aromatic N) is 3. The second kappa shape index (κ2) is 9.93. The quantitative estimate of drug-likeness (QED) is 0.369. The number of amides is 1. The molecule has 0 aliphatic rings. The molecule has 182 valence electrons. The minimum absolute atomic E-state index is 0.0837. The number of fused-ring (bicyclic) bond motifs is 1. The van der Waals surface area contributed by atoms with Gasteiger partial charge in [0.15, 0.2) is 4.80 Å². The molecule has 35 heavy (non-hydrogen) atoms. The highest BCUT2D eigenvalue weighted by Crippen LogP contribution is 2.35. The highest BCUT2D eigenvalue weighted by Gasteiger charge is 2.22. The fourth-order valence-electron chi connectivity index (χ4n) is 3.69. The molecule has 10 heteroatoms. The molecule has 1 amide bonds. The molecule has 8 nitrogen and oxygen atoms in total. The molecule has 0 spiro atoms. The van der Waals surface area contributed by atoms with Crippen LogP contribution in [0.5, 0.6) is 11.5 Å². The highest BCUT2D eigenvalue weighted by atomic mass is 32.2. The summed E-state index contributed by atoms with van der Waals surface area (Å²) >= 11 is 1.33. The van der Waals surface area contributed by atoms with E-state index in [1.165, 1.54) is 47.0 Å². The van der Waals surface area contributed by atoms with Crippen LogP contribution in [0.1, 0.15) is 17.3 Å². The van der Waals surface area contributed by atoms with Crippen LogP contribution in [0, 0.1) is 0 Å². The summed E-state index contributed by atoms with van der Waals surface area (Å²) in [6, 6.07) is 18.2. The Hall–Kier alpha value is -3.63. The average Bonchev–Trinajstić information content (AvgIpc) is 3.26. The molecule has 0 aliphatic carbocycles. The molecule has 0 fully saturated rings. The van der Waals surface area contributed by atoms with Crippen molar-refractivity contribution >= 4 is 43.2 Å². The van der Waals surface area contributed by atoms with Gasteiger partial charge in [-0.05, 0) is 55.5 Å². The third-order valence-electron chi connectivity index (χ3n) is 5.59. The minimum Gasteiger partial charge on any atom is -0.495 e. The van der Waals surface area contributed by atoms with E-state index in [0.717, 1.165) is 10.2 Å². The molecule has 1 heterocycles.